The summed E-state index contributed by atoms with van der Waals surface area (Å²) in [6.45, 7) is 2.79. The predicted molar refractivity (Wildman–Crippen MR) is 175 cm³/mol. The van der Waals surface area contributed by atoms with E-state index in [1.165, 1.54) is 4.31 Å². The number of hydrogen-bond donors (Lipinski definition) is 0. The third kappa shape index (κ3) is 5.53. The van der Waals surface area contributed by atoms with Crippen LogP contribution in [0.15, 0.2) is 98.8 Å². The number of rotatable bonds is 5. The molecule has 1 aliphatic rings. The molecule has 44 heavy (non-hydrogen) atoms. The van der Waals surface area contributed by atoms with Gasteiger partial charge < -0.3 is 9.64 Å². The van der Waals surface area contributed by atoms with Crippen LogP contribution in [0.3, 0.4) is 0 Å². The lowest BCUT2D eigenvalue weighted by Gasteiger charge is -2.34. The Morgan fingerprint density at radius 3 is 1.86 bits per heavy atom. The number of pyridine rings is 1. The first-order chi connectivity index (χ1) is 21.1. The number of aryl methyl sites for hydroxylation is 2. The first-order valence-corrected chi connectivity index (χ1v) is 17.0. The zero-order valence-electron chi connectivity index (χ0n) is 24.0. The average Bonchev–Trinajstić information content (AvgIpc) is 3.03. The van der Waals surface area contributed by atoms with Crippen molar-refractivity contribution in [2.75, 3.05) is 26.2 Å². The van der Waals surface area contributed by atoms with Crippen molar-refractivity contribution in [1.82, 2.24) is 9.21 Å². The van der Waals surface area contributed by atoms with E-state index < -0.39 is 16.0 Å². The molecular weight excluding hydrogens is 710 g/mol. The van der Waals surface area contributed by atoms with E-state index in [-0.39, 0.29) is 42.7 Å². The Morgan fingerprint density at radius 1 is 0.795 bits per heavy atom. The second kappa shape index (κ2) is 12.0. The van der Waals surface area contributed by atoms with Crippen LogP contribution in [0, 0.1) is 6.92 Å². The van der Waals surface area contributed by atoms with Gasteiger partial charge in [0.1, 0.15) is 7.05 Å². The largest absolute Gasteiger partial charge is 0.420 e. The maximum atomic E-state index is 13.8. The van der Waals surface area contributed by atoms with Gasteiger partial charge in [-0.3, -0.25) is 4.79 Å². The number of nitrogens with zero attached hydrogens (tertiary/aromatic N) is 3. The lowest BCUT2D eigenvalue weighted by atomic mass is 10.0. The minimum atomic E-state index is -3.65. The molecule has 11 heteroatoms. The van der Waals surface area contributed by atoms with Crippen molar-refractivity contribution in [2.24, 2.45) is 7.05 Å². The molecular formula is C33H28Br2N3O5S+. The molecule has 0 atom stereocenters. The van der Waals surface area contributed by atoms with Crippen LogP contribution in [0.2, 0.25) is 0 Å². The first-order valence-electron chi connectivity index (χ1n) is 13.9. The number of para-hydroxylation sites is 2. The summed E-state index contributed by atoms with van der Waals surface area (Å²) < 4.78 is 36.5. The molecule has 224 valence electrons. The lowest BCUT2D eigenvalue weighted by Crippen LogP contribution is -2.50. The lowest BCUT2D eigenvalue weighted by molar-refractivity contribution is -0.617. The monoisotopic (exact) mass is 736 g/mol. The van der Waals surface area contributed by atoms with Crippen LogP contribution in [0.4, 0.5) is 0 Å². The van der Waals surface area contributed by atoms with Gasteiger partial charge in [-0.2, -0.15) is 8.87 Å². The molecule has 1 fully saturated rings. The van der Waals surface area contributed by atoms with Crippen molar-refractivity contribution in [3.8, 4) is 5.75 Å². The molecule has 0 aliphatic carbocycles. The van der Waals surface area contributed by atoms with Gasteiger partial charge in [0, 0.05) is 43.9 Å². The van der Waals surface area contributed by atoms with Gasteiger partial charge in [-0.15, -0.1) is 0 Å². The number of benzene rings is 4. The fraction of sp³-hybridized carbons (Fsp3) is 0.182. The smallest absolute Gasteiger partial charge is 0.345 e. The van der Waals surface area contributed by atoms with Crippen molar-refractivity contribution in [1.29, 1.82) is 0 Å². The maximum absolute atomic E-state index is 13.8. The molecule has 5 aromatic rings. The highest BCUT2D eigenvalue weighted by atomic mass is 79.9. The Hall–Kier alpha value is -3.64. The third-order valence-corrected chi connectivity index (χ3v) is 11.0. The van der Waals surface area contributed by atoms with Crippen molar-refractivity contribution < 1.29 is 27.3 Å². The number of carbonyl (C=O) groups is 2. The molecule has 0 radical (unpaired) electrons. The molecule has 6 rings (SSSR count). The Morgan fingerprint density at radius 2 is 1.32 bits per heavy atom. The summed E-state index contributed by atoms with van der Waals surface area (Å²) in [5, 5.41) is 1.53. The van der Waals surface area contributed by atoms with E-state index in [0.29, 0.717) is 20.1 Å². The molecule has 8 nitrogen and oxygen atoms in total. The van der Waals surface area contributed by atoms with Gasteiger partial charge in [-0.1, -0.05) is 42.0 Å². The van der Waals surface area contributed by atoms with E-state index >= 15 is 0 Å². The van der Waals surface area contributed by atoms with Crippen molar-refractivity contribution in [3.05, 3.63) is 111 Å². The van der Waals surface area contributed by atoms with Gasteiger partial charge >= 0.3 is 5.97 Å². The molecule has 1 amide bonds. The summed E-state index contributed by atoms with van der Waals surface area (Å²) in [7, 11) is -1.68. The van der Waals surface area contributed by atoms with Crippen LogP contribution in [0.1, 0.15) is 26.3 Å². The number of hydrogen-bond acceptors (Lipinski definition) is 5. The standard InChI is InChI=1S/C33H28Br2N3O5S/c1-21-11-13-23(14-12-21)44(41,42)38-17-15-37(16-18-38)32(39)22-19-26(34)31(27(35)20-22)43-33(40)30-24-7-3-5-9-28(24)36(2)29-10-6-4-8-25(29)30/h3-14,19-20H,15-18H2,1-2H3/q+1. The minimum absolute atomic E-state index is 0.191. The number of ether oxygens (including phenoxy) is 1. The Labute approximate surface area is 272 Å². The van der Waals surface area contributed by atoms with E-state index in [9.17, 15) is 18.0 Å². The van der Waals surface area contributed by atoms with Crippen LogP contribution in [0.5, 0.6) is 5.75 Å². The Kier molecular flexibility index (Phi) is 8.31. The predicted octanol–water partition coefficient (Wildman–Crippen LogP) is 6.02. The molecule has 0 spiro atoms. The van der Waals surface area contributed by atoms with Gasteiger partial charge in [0.05, 0.1) is 30.2 Å². The zero-order chi connectivity index (χ0) is 31.2. The van der Waals surface area contributed by atoms with Crippen LogP contribution in [0.25, 0.3) is 21.8 Å². The fourth-order valence-electron chi connectivity index (χ4n) is 5.55. The first kappa shape index (κ1) is 30.4. The second-order valence-electron chi connectivity index (χ2n) is 10.6. The summed E-state index contributed by atoms with van der Waals surface area (Å²) >= 11 is 7.00. The Bertz CT molecular complexity index is 1980. The SMILES string of the molecule is Cc1ccc(S(=O)(=O)N2CCN(C(=O)c3cc(Br)c(OC(=O)c4c5ccccc5[n+](C)c5ccccc45)c(Br)c3)CC2)cc1. The van der Waals surface area contributed by atoms with Crippen LogP contribution in [-0.2, 0) is 17.1 Å². The molecule has 0 bridgehead atoms. The highest BCUT2D eigenvalue weighted by molar-refractivity contribution is 9.11. The van der Waals surface area contributed by atoms with Crippen molar-refractivity contribution >= 4 is 75.6 Å². The quantitative estimate of drug-likeness (QED) is 0.0954. The van der Waals surface area contributed by atoms with Crippen LogP contribution < -0.4 is 9.30 Å². The molecule has 0 unspecified atom stereocenters. The van der Waals surface area contributed by atoms with Crippen molar-refractivity contribution in [2.45, 2.75) is 11.8 Å². The summed E-state index contributed by atoms with van der Waals surface area (Å²) in [5.41, 5.74) is 3.59. The molecule has 4 aromatic carbocycles. The molecule has 1 aliphatic heterocycles. The van der Waals surface area contributed by atoms with Gasteiger partial charge in [0.15, 0.2) is 5.75 Å². The highest BCUT2D eigenvalue weighted by Crippen LogP contribution is 2.37. The summed E-state index contributed by atoms with van der Waals surface area (Å²) in [4.78, 5) is 29.1. The summed E-state index contributed by atoms with van der Waals surface area (Å²) in [6, 6.07) is 25.3. The van der Waals surface area contributed by atoms with E-state index in [0.717, 1.165) is 27.4 Å². The van der Waals surface area contributed by atoms with E-state index in [1.54, 1.807) is 41.3 Å². The summed E-state index contributed by atoms with van der Waals surface area (Å²) in [5.74, 6) is -0.518. The van der Waals surface area contributed by atoms with E-state index in [1.807, 2.05) is 67.1 Å². The molecule has 1 saturated heterocycles. The normalized spacial score (nSPS) is 14.2. The molecule has 0 saturated carbocycles. The molecule has 2 heterocycles. The van der Waals surface area contributed by atoms with Crippen molar-refractivity contribution in [3.63, 3.8) is 0 Å². The number of esters is 1. The van der Waals surface area contributed by atoms with Crippen LogP contribution in [-0.4, -0.2) is 55.7 Å². The second-order valence-corrected chi connectivity index (χ2v) is 14.3. The highest BCUT2D eigenvalue weighted by Gasteiger charge is 2.31. The van der Waals surface area contributed by atoms with Gasteiger partial charge in [-0.05, 0) is 75.2 Å². The number of carbonyl (C=O) groups excluding carboxylic acids is 2. The number of sulfonamides is 1. The molecule has 1 aromatic heterocycles. The van der Waals surface area contributed by atoms with E-state index in [4.69, 9.17) is 4.74 Å². The number of halogens is 2. The minimum Gasteiger partial charge on any atom is -0.420 e. The fourth-order valence-corrected chi connectivity index (χ4v) is 8.32. The number of fused-ring (bicyclic) bond motifs is 2. The van der Waals surface area contributed by atoms with E-state index in [2.05, 4.69) is 31.9 Å². The van der Waals surface area contributed by atoms with Gasteiger partial charge in [0.25, 0.3) is 5.91 Å². The number of aromatic nitrogens is 1. The topological polar surface area (TPSA) is 87.9 Å². The zero-order valence-corrected chi connectivity index (χ0v) is 27.9. The van der Waals surface area contributed by atoms with Crippen LogP contribution >= 0.6 is 31.9 Å². The molecule has 0 N–H and O–H groups in total. The average molecular weight is 738 g/mol. The third-order valence-electron chi connectivity index (χ3n) is 7.90. The van der Waals surface area contributed by atoms with Gasteiger partial charge in [0.2, 0.25) is 21.1 Å². The van der Waals surface area contributed by atoms with Gasteiger partial charge in [-0.25, -0.2) is 13.2 Å². The summed E-state index contributed by atoms with van der Waals surface area (Å²) in [6.07, 6.45) is 0. The number of amides is 1. The Balaban J connectivity index is 1.22. The number of piperazine rings is 1. The maximum Gasteiger partial charge on any atom is 0.345 e.